The van der Waals surface area contributed by atoms with E-state index in [9.17, 15) is 40.2 Å². The Kier molecular flexibility index (Phi) is 5.23. The lowest BCUT2D eigenvalue weighted by Crippen LogP contribution is -2.65. The Morgan fingerprint density at radius 3 is 2.31 bits per heavy atom. The average molecular weight is 446 g/mol. The molecule has 0 spiro atoms. The summed E-state index contributed by atoms with van der Waals surface area (Å²) in [6.07, 6.45) is -9.17. The summed E-state index contributed by atoms with van der Waals surface area (Å²) in [5.74, 6) is -2.58. The number of aliphatic hydroxyl groups is 4. The third kappa shape index (κ3) is 3.07. The highest BCUT2D eigenvalue weighted by Crippen LogP contribution is 2.50. The van der Waals surface area contributed by atoms with E-state index < -0.39 is 59.6 Å². The zero-order valence-corrected chi connectivity index (χ0v) is 17.1. The van der Waals surface area contributed by atoms with E-state index in [-0.39, 0.29) is 22.3 Å². The molecule has 0 aromatic heterocycles. The lowest BCUT2D eigenvalue weighted by molar-refractivity contribution is -0.313. The van der Waals surface area contributed by atoms with Crippen molar-refractivity contribution in [2.24, 2.45) is 0 Å². The summed E-state index contributed by atoms with van der Waals surface area (Å²) < 4.78 is 10.5. The van der Waals surface area contributed by atoms with Gasteiger partial charge in [-0.1, -0.05) is 18.2 Å². The van der Waals surface area contributed by atoms with Crippen LogP contribution < -0.4 is 0 Å². The van der Waals surface area contributed by atoms with Gasteiger partial charge in [-0.25, -0.2) is 0 Å². The number of ether oxygens (including phenoxy) is 2. The van der Waals surface area contributed by atoms with E-state index in [2.05, 4.69) is 0 Å². The average Bonchev–Trinajstić information content (AvgIpc) is 2.71. The van der Waals surface area contributed by atoms with Crippen LogP contribution in [0.25, 0.3) is 0 Å². The number of esters is 1. The summed E-state index contributed by atoms with van der Waals surface area (Å²) in [5.41, 5.74) is -2.91. The molecule has 1 heterocycles. The third-order valence-electron chi connectivity index (χ3n) is 5.84. The van der Waals surface area contributed by atoms with Crippen molar-refractivity contribution in [1.82, 2.24) is 0 Å². The van der Waals surface area contributed by atoms with Crippen molar-refractivity contribution in [3.05, 3.63) is 58.1 Å². The van der Waals surface area contributed by atoms with Crippen LogP contribution >= 0.6 is 0 Å². The van der Waals surface area contributed by atoms with Gasteiger partial charge in [0.25, 0.3) is 0 Å². The van der Waals surface area contributed by atoms with Crippen LogP contribution in [0.3, 0.4) is 0 Å². The topological polar surface area (TPSA) is 174 Å². The van der Waals surface area contributed by atoms with Crippen molar-refractivity contribution in [3.63, 3.8) is 0 Å². The normalized spacial score (nSPS) is 31.6. The summed E-state index contributed by atoms with van der Waals surface area (Å²) in [7, 11) is 0. The van der Waals surface area contributed by atoms with Crippen LogP contribution in [-0.4, -0.2) is 73.1 Å². The summed E-state index contributed by atoms with van der Waals surface area (Å²) in [6, 6.07) is 6.58. The molecule has 6 N–H and O–H groups in total. The smallest absolute Gasteiger partial charge is 0.305 e. The molecule has 2 aromatic carbocycles. The lowest BCUT2D eigenvalue weighted by atomic mass is 9.68. The zero-order chi connectivity index (χ0) is 23.5. The molecule has 0 amide bonds. The van der Waals surface area contributed by atoms with E-state index in [0.29, 0.717) is 5.56 Å². The fourth-order valence-corrected chi connectivity index (χ4v) is 4.43. The molecule has 1 fully saturated rings. The molecule has 10 nitrogen and oxygen atoms in total. The Bertz CT molecular complexity index is 1110. The van der Waals surface area contributed by atoms with Crippen LogP contribution in [0.15, 0.2) is 30.3 Å². The number of aliphatic hydroxyl groups excluding tert-OH is 3. The highest BCUT2D eigenvalue weighted by molar-refractivity contribution is 6.16. The number of aromatic hydroxyl groups is 2. The summed E-state index contributed by atoms with van der Waals surface area (Å²) in [6.45, 7) is 2.64. The fraction of sp³-hybridized carbons (Fsp3) is 0.364. The van der Waals surface area contributed by atoms with Gasteiger partial charge in [0, 0.05) is 18.1 Å². The molecule has 0 radical (unpaired) electrons. The van der Waals surface area contributed by atoms with E-state index in [4.69, 9.17) is 9.47 Å². The molecule has 1 aliphatic carbocycles. The maximum absolute atomic E-state index is 13.1. The van der Waals surface area contributed by atoms with Crippen LogP contribution in [0.1, 0.15) is 39.5 Å². The molecule has 2 aliphatic rings. The fourth-order valence-electron chi connectivity index (χ4n) is 4.43. The van der Waals surface area contributed by atoms with E-state index in [1.807, 2.05) is 0 Å². The molecule has 1 aliphatic heterocycles. The lowest BCUT2D eigenvalue weighted by Gasteiger charge is -2.48. The highest BCUT2D eigenvalue weighted by atomic mass is 16.7. The Labute approximate surface area is 181 Å². The van der Waals surface area contributed by atoms with E-state index in [0.717, 1.165) is 6.92 Å². The van der Waals surface area contributed by atoms with E-state index in [1.165, 1.54) is 30.3 Å². The largest absolute Gasteiger partial charge is 0.507 e. The molecule has 4 rings (SSSR count). The van der Waals surface area contributed by atoms with Gasteiger partial charge in [0.05, 0.1) is 11.1 Å². The minimum absolute atomic E-state index is 0.146. The molecule has 0 bridgehead atoms. The van der Waals surface area contributed by atoms with E-state index in [1.54, 1.807) is 6.92 Å². The molecule has 6 atom stereocenters. The summed E-state index contributed by atoms with van der Waals surface area (Å²) >= 11 is 0. The monoisotopic (exact) mass is 446 g/mol. The summed E-state index contributed by atoms with van der Waals surface area (Å²) in [4.78, 5) is 24.6. The number of fused-ring (bicyclic) bond motifs is 2. The van der Waals surface area contributed by atoms with Crippen LogP contribution in [-0.2, 0) is 19.9 Å². The SMILES string of the molecule is CC(=O)O[C@H]1O[C@@H]([C@@]2(O)c3cccc(O)c3C(=O)c3c(O)cc(C)cc32)[C@H](O)[C@@H](O)[C@H]1O. The van der Waals surface area contributed by atoms with Crippen molar-refractivity contribution >= 4 is 11.8 Å². The standard InChI is InChI=1S/C22H22O10/c1-8-6-11-15(13(25)7-8)16(26)14-10(4-3-5-12(14)24)22(11,30)20-18(28)17(27)19(29)21(32-20)31-9(2)23/h3-7,17-21,24-25,27-30H,1-2H3/t17-,18-,19-,20-,21+,22-/m1/s1. The Morgan fingerprint density at radius 2 is 1.66 bits per heavy atom. The number of ketones is 1. The van der Waals surface area contributed by atoms with Gasteiger partial charge in [-0.2, -0.15) is 0 Å². The van der Waals surface area contributed by atoms with Crippen LogP contribution in [0.2, 0.25) is 0 Å². The third-order valence-corrected chi connectivity index (χ3v) is 5.84. The van der Waals surface area contributed by atoms with Crippen molar-refractivity contribution in [2.75, 3.05) is 0 Å². The van der Waals surface area contributed by atoms with Crippen LogP contribution in [0, 0.1) is 6.92 Å². The number of hydrogen-bond acceptors (Lipinski definition) is 10. The van der Waals surface area contributed by atoms with Crippen molar-refractivity contribution < 1.29 is 49.7 Å². The molecule has 1 saturated heterocycles. The molecule has 170 valence electrons. The van der Waals surface area contributed by atoms with Gasteiger partial charge in [0.2, 0.25) is 12.1 Å². The molecule has 10 heteroatoms. The number of phenols is 2. The van der Waals surface area contributed by atoms with Gasteiger partial charge in [-0.3, -0.25) is 9.59 Å². The van der Waals surface area contributed by atoms with Crippen molar-refractivity contribution in [2.45, 2.75) is 50.2 Å². The number of aryl methyl sites for hydroxylation is 1. The molecular formula is C22H22O10. The molecule has 2 aromatic rings. The van der Waals surface area contributed by atoms with Gasteiger partial charge >= 0.3 is 5.97 Å². The molecule has 0 saturated carbocycles. The van der Waals surface area contributed by atoms with Gasteiger partial charge < -0.3 is 40.1 Å². The molecular weight excluding hydrogens is 424 g/mol. The van der Waals surface area contributed by atoms with Crippen molar-refractivity contribution in [1.29, 1.82) is 0 Å². The van der Waals surface area contributed by atoms with Crippen LogP contribution in [0.5, 0.6) is 11.5 Å². The zero-order valence-electron chi connectivity index (χ0n) is 17.1. The first-order chi connectivity index (χ1) is 15.0. The van der Waals surface area contributed by atoms with Crippen LogP contribution in [0.4, 0.5) is 0 Å². The maximum Gasteiger partial charge on any atom is 0.305 e. The second-order valence-electron chi connectivity index (χ2n) is 8.01. The first-order valence-electron chi connectivity index (χ1n) is 9.79. The van der Waals surface area contributed by atoms with Gasteiger partial charge in [0.1, 0.15) is 41.5 Å². The molecule has 32 heavy (non-hydrogen) atoms. The number of rotatable bonds is 2. The van der Waals surface area contributed by atoms with Gasteiger partial charge in [-0.15, -0.1) is 0 Å². The Morgan fingerprint density at radius 1 is 1.00 bits per heavy atom. The number of phenolic OH excluding ortho intramolecular Hbond substituents is 2. The number of hydrogen-bond donors (Lipinski definition) is 6. The Hall–Kier alpha value is -3.02. The predicted octanol–water partition coefficient (Wildman–Crippen LogP) is -0.443. The second kappa shape index (κ2) is 7.54. The van der Waals surface area contributed by atoms with Gasteiger partial charge in [0.15, 0.2) is 0 Å². The first-order valence-corrected chi connectivity index (χ1v) is 9.79. The highest BCUT2D eigenvalue weighted by Gasteiger charge is 2.58. The molecule has 0 unspecified atom stereocenters. The minimum Gasteiger partial charge on any atom is -0.507 e. The Balaban J connectivity index is 1.99. The minimum atomic E-state index is -2.40. The van der Waals surface area contributed by atoms with E-state index >= 15 is 0 Å². The second-order valence-corrected chi connectivity index (χ2v) is 8.01. The number of benzene rings is 2. The predicted molar refractivity (Wildman–Crippen MR) is 106 cm³/mol. The quantitative estimate of drug-likeness (QED) is 0.332. The van der Waals surface area contributed by atoms with Gasteiger partial charge in [-0.05, 0) is 24.6 Å². The first kappa shape index (κ1) is 22.2. The van der Waals surface area contributed by atoms with Crippen molar-refractivity contribution in [3.8, 4) is 11.5 Å². The number of carbonyl (C=O) groups is 2. The number of carbonyl (C=O) groups excluding carboxylic acids is 2. The summed E-state index contributed by atoms with van der Waals surface area (Å²) in [5, 5.41) is 64.3. The maximum atomic E-state index is 13.1.